The van der Waals surface area contributed by atoms with Crippen LogP contribution in [0.5, 0.6) is 0 Å². The highest BCUT2D eigenvalue weighted by Gasteiger charge is 2.38. The third-order valence-corrected chi connectivity index (χ3v) is 1.79. The lowest BCUT2D eigenvalue weighted by atomic mass is 10.4. The fourth-order valence-corrected chi connectivity index (χ4v) is 0.684. The van der Waals surface area contributed by atoms with Gasteiger partial charge in [-0.1, -0.05) is 0 Å². The second-order valence-corrected chi connectivity index (χ2v) is 3.32. The minimum Gasteiger partial charge on any atom is -0.475 e. The number of aliphatic carboxylic acids is 1. The van der Waals surface area contributed by atoms with E-state index >= 15 is 0 Å². The summed E-state index contributed by atoms with van der Waals surface area (Å²) in [5.41, 5.74) is 0. The number of aliphatic hydroxyl groups is 3. The zero-order valence-electron chi connectivity index (χ0n) is 9.17. The maximum absolute atomic E-state index is 10.6. The van der Waals surface area contributed by atoms with Crippen LogP contribution in [0, 0.1) is 0 Å². The predicted octanol–water partition coefficient (Wildman–Crippen LogP) is -0.720. The maximum atomic E-state index is 10.6. The summed E-state index contributed by atoms with van der Waals surface area (Å²) in [6.07, 6.45) is -6.32. The Balaban J connectivity index is 0. The van der Waals surface area contributed by atoms with E-state index < -0.39 is 18.2 Å². The predicted molar refractivity (Wildman–Crippen MR) is 57.5 cm³/mol. The molecule has 0 spiro atoms. The number of carboxylic acid groups (broad SMARTS) is 1. The highest BCUT2D eigenvalue weighted by molar-refractivity contribution is 7.80. The smallest absolute Gasteiger partial charge is 0.475 e. The van der Waals surface area contributed by atoms with Crippen molar-refractivity contribution in [2.45, 2.75) is 18.4 Å². The van der Waals surface area contributed by atoms with Gasteiger partial charge in [0.2, 0.25) is 0 Å². The molecule has 2 atom stereocenters. The number of hydrogen-bond acceptors (Lipinski definition) is 6. The van der Waals surface area contributed by atoms with Crippen LogP contribution in [0.4, 0.5) is 13.2 Å². The summed E-state index contributed by atoms with van der Waals surface area (Å²) in [6.45, 7) is -0.422. The molecule has 0 saturated carbocycles. The maximum Gasteiger partial charge on any atom is 0.490 e. The second kappa shape index (κ2) is 10.4. The number of alkyl halides is 3. The van der Waals surface area contributed by atoms with Crippen LogP contribution in [-0.4, -0.2) is 70.4 Å². The largest absolute Gasteiger partial charge is 0.490 e. The Kier molecular flexibility index (Phi) is 11.4. The zero-order valence-corrected chi connectivity index (χ0v) is 10.1. The highest BCUT2D eigenvalue weighted by atomic mass is 32.1. The molecule has 0 bridgehead atoms. The molecule has 18 heavy (non-hydrogen) atoms. The summed E-state index contributed by atoms with van der Waals surface area (Å²) < 4.78 is 36.7. The molecular formula is C8H15F3O6S. The van der Waals surface area contributed by atoms with Crippen molar-refractivity contribution in [3.63, 3.8) is 0 Å². The van der Waals surface area contributed by atoms with Crippen molar-refractivity contribution in [2.75, 3.05) is 25.6 Å². The number of halogens is 3. The van der Waals surface area contributed by atoms with Gasteiger partial charge in [-0.25, -0.2) is 4.79 Å². The summed E-state index contributed by atoms with van der Waals surface area (Å²) in [6, 6.07) is 0. The Morgan fingerprint density at radius 2 is 1.72 bits per heavy atom. The number of carboxylic acids is 1. The summed E-state index contributed by atoms with van der Waals surface area (Å²) in [5, 5.41) is 32.9. The topological polar surface area (TPSA) is 107 Å². The highest BCUT2D eigenvalue weighted by Crippen LogP contribution is 2.13. The van der Waals surface area contributed by atoms with Crippen LogP contribution < -0.4 is 0 Å². The van der Waals surface area contributed by atoms with Gasteiger partial charge in [0.25, 0.3) is 0 Å². The first-order valence-electron chi connectivity index (χ1n) is 4.61. The van der Waals surface area contributed by atoms with Crippen molar-refractivity contribution >= 4 is 18.6 Å². The van der Waals surface area contributed by atoms with E-state index in [0.717, 1.165) is 0 Å². The van der Waals surface area contributed by atoms with E-state index in [9.17, 15) is 13.2 Å². The van der Waals surface area contributed by atoms with E-state index in [4.69, 9.17) is 30.0 Å². The van der Waals surface area contributed by atoms with Gasteiger partial charge >= 0.3 is 12.1 Å². The molecule has 0 rings (SSSR count). The molecule has 0 aromatic carbocycles. The standard InChI is InChI=1S/C6H14O4S.C2HF3O2/c7-1-5(9)3-10-6(2-8)4-11;3-2(4,5)1(6)7/h5-9,11H,1-4H2;(H,6,7). The van der Waals surface area contributed by atoms with Crippen LogP contribution in [-0.2, 0) is 9.53 Å². The lowest BCUT2D eigenvalue weighted by Crippen LogP contribution is -2.27. The molecular weight excluding hydrogens is 281 g/mol. The van der Waals surface area contributed by atoms with E-state index in [1.807, 2.05) is 0 Å². The molecule has 0 aliphatic rings. The Labute approximate surface area is 106 Å². The lowest BCUT2D eigenvalue weighted by Gasteiger charge is -2.14. The number of thiol groups is 1. The van der Waals surface area contributed by atoms with Crippen LogP contribution in [0.25, 0.3) is 0 Å². The van der Waals surface area contributed by atoms with Gasteiger partial charge in [-0.3, -0.25) is 0 Å². The average molecular weight is 296 g/mol. The third-order valence-electron chi connectivity index (χ3n) is 1.38. The van der Waals surface area contributed by atoms with Crippen molar-refractivity contribution in [1.29, 1.82) is 0 Å². The minimum absolute atomic E-state index is 0.0300. The fourth-order valence-electron chi connectivity index (χ4n) is 0.463. The SMILES string of the molecule is O=C(O)C(F)(F)F.OCC(O)COC(CO)CS. The molecule has 110 valence electrons. The van der Waals surface area contributed by atoms with Crippen LogP contribution in [0.15, 0.2) is 0 Å². The van der Waals surface area contributed by atoms with Gasteiger partial charge in [-0.15, -0.1) is 0 Å². The second-order valence-electron chi connectivity index (χ2n) is 2.96. The van der Waals surface area contributed by atoms with E-state index in [2.05, 4.69) is 12.6 Å². The van der Waals surface area contributed by atoms with Crippen LogP contribution >= 0.6 is 12.6 Å². The number of ether oxygens (including phenoxy) is 1. The Hall–Kier alpha value is -0.550. The van der Waals surface area contributed by atoms with Gasteiger partial charge in [0.05, 0.1) is 25.9 Å². The molecule has 6 nitrogen and oxygen atoms in total. The Morgan fingerprint density at radius 1 is 1.28 bits per heavy atom. The molecule has 0 amide bonds. The molecule has 0 aromatic heterocycles. The van der Waals surface area contributed by atoms with Crippen molar-refractivity contribution in [3.05, 3.63) is 0 Å². The van der Waals surface area contributed by atoms with Crippen molar-refractivity contribution in [2.24, 2.45) is 0 Å². The van der Waals surface area contributed by atoms with Crippen LogP contribution in [0.1, 0.15) is 0 Å². The zero-order chi connectivity index (χ0) is 14.8. The quantitative estimate of drug-likeness (QED) is 0.414. The summed E-state index contributed by atoms with van der Waals surface area (Å²) in [5.74, 6) is -2.36. The molecule has 0 radical (unpaired) electrons. The first-order chi connectivity index (χ1) is 8.18. The van der Waals surface area contributed by atoms with Crippen LogP contribution in [0.3, 0.4) is 0 Å². The molecule has 0 aliphatic heterocycles. The van der Waals surface area contributed by atoms with Gasteiger partial charge < -0.3 is 25.2 Å². The van der Waals surface area contributed by atoms with Crippen molar-refractivity contribution in [1.82, 2.24) is 0 Å². The summed E-state index contributed by atoms with van der Waals surface area (Å²) >= 11 is 3.90. The van der Waals surface area contributed by atoms with Crippen molar-refractivity contribution < 1.29 is 43.1 Å². The molecule has 0 fully saturated rings. The molecule has 2 unspecified atom stereocenters. The first kappa shape index (κ1) is 19.8. The molecule has 10 heteroatoms. The van der Waals surface area contributed by atoms with E-state index in [0.29, 0.717) is 5.75 Å². The molecule has 4 N–H and O–H groups in total. The van der Waals surface area contributed by atoms with Gasteiger partial charge in [0, 0.05) is 5.75 Å². The number of aliphatic hydroxyl groups excluding tert-OH is 3. The van der Waals surface area contributed by atoms with E-state index in [-0.39, 0.29) is 25.9 Å². The molecule has 0 aromatic rings. The summed E-state index contributed by atoms with van der Waals surface area (Å²) in [4.78, 5) is 8.90. The molecule has 0 saturated heterocycles. The summed E-state index contributed by atoms with van der Waals surface area (Å²) in [7, 11) is 0. The van der Waals surface area contributed by atoms with Crippen LogP contribution in [0.2, 0.25) is 0 Å². The number of carbonyl (C=O) groups is 1. The minimum atomic E-state index is -5.08. The van der Waals surface area contributed by atoms with Gasteiger partial charge in [0.1, 0.15) is 6.10 Å². The molecule has 0 heterocycles. The number of hydrogen-bond donors (Lipinski definition) is 5. The van der Waals surface area contributed by atoms with E-state index in [1.165, 1.54) is 0 Å². The Bertz CT molecular complexity index is 221. The lowest BCUT2D eigenvalue weighted by molar-refractivity contribution is -0.192. The normalized spacial score (nSPS) is 14.4. The number of rotatable bonds is 6. The van der Waals surface area contributed by atoms with Gasteiger partial charge in [-0.05, 0) is 0 Å². The fraction of sp³-hybridized carbons (Fsp3) is 0.875. The van der Waals surface area contributed by atoms with E-state index in [1.54, 1.807) is 0 Å². The Morgan fingerprint density at radius 3 is 1.94 bits per heavy atom. The van der Waals surface area contributed by atoms with Crippen molar-refractivity contribution in [3.8, 4) is 0 Å². The average Bonchev–Trinajstić information content (AvgIpc) is 2.29. The van der Waals surface area contributed by atoms with Gasteiger partial charge in [-0.2, -0.15) is 25.8 Å². The monoisotopic (exact) mass is 296 g/mol. The first-order valence-corrected chi connectivity index (χ1v) is 5.24. The third kappa shape index (κ3) is 11.9. The van der Waals surface area contributed by atoms with Gasteiger partial charge in [0.15, 0.2) is 0 Å². The molecule has 0 aliphatic carbocycles.